The van der Waals surface area contributed by atoms with Gasteiger partial charge < -0.3 is 0 Å². The summed E-state index contributed by atoms with van der Waals surface area (Å²) in [5, 5.41) is 3.68. The molecule has 1 amide bonds. The minimum Gasteiger partial charge on any atom is -0.273 e. The maximum absolute atomic E-state index is 13.5. The second-order valence-electron chi connectivity index (χ2n) is 5.30. The topological polar surface area (TPSA) is 75.6 Å². The summed E-state index contributed by atoms with van der Waals surface area (Å²) in [6.45, 7) is 1.38. The van der Waals surface area contributed by atoms with E-state index in [0.29, 0.717) is 6.42 Å². The molecule has 1 atom stereocenters. The highest BCUT2D eigenvalue weighted by molar-refractivity contribution is 7.91. The van der Waals surface area contributed by atoms with Crippen molar-refractivity contribution in [2.45, 2.75) is 19.8 Å². The fourth-order valence-electron chi connectivity index (χ4n) is 2.39. The van der Waals surface area contributed by atoms with Crippen LogP contribution in [0.1, 0.15) is 25.3 Å². The van der Waals surface area contributed by atoms with Crippen molar-refractivity contribution in [3.63, 3.8) is 0 Å². The van der Waals surface area contributed by atoms with E-state index in [0.717, 1.165) is 12.1 Å². The number of hydrogen-bond acceptors (Lipinski definition) is 4. The molecule has 5 nitrogen and oxygen atoms in total. The molecule has 1 N–H and O–H groups in total. The summed E-state index contributed by atoms with van der Waals surface area (Å²) in [5.41, 5.74) is 1.91. The van der Waals surface area contributed by atoms with Crippen molar-refractivity contribution >= 4 is 21.5 Å². The molecule has 1 fully saturated rings. The first-order valence-electron chi connectivity index (χ1n) is 6.76. The maximum Gasteiger partial charge on any atom is 0.240 e. The zero-order chi connectivity index (χ0) is 16.3. The van der Waals surface area contributed by atoms with Crippen LogP contribution in [0.15, 0.2) is 23.3 Å². The van der Waals surface area contributed by atoms with Crippen LogP contribution < -0.4 is 5.43 Å². The first kappa shape index (κ1) is 16.5. The lowest BCUT2D eigenvalue weighted by Gasteiger charge is -2.07. The molecule has 0 aromatic heterocycles. The molecule has 1 aliphatic heterocycles. The van der Waals surface area contributed by atoms with E-state index in [1.807, 2.05) is 0 Å². The number of hydrazone groups is 1. The fraction of sp³-hybridized carbons (Fsp3) is 0.429. The first-order valence-corrected chi connectivity index (χ1v) is 8.58. The van der Waals surface area contributed by atoms with Crippen molar-refractivity contribution in [3.05, 3.63) is 35.4 Å². The predicted octanol–water partition coefficient (Wildman–Crippen LogP) is 1.63. The Bertz CT molecular complexity index is 697. The van der Waals surface area contributed by atoms with Crippen molar-refractivity contribution in [1.29, 1.82) is 0 Å². The van der Waals surface area contributed by atoms with Crippen LogP contribution in [0.25, 0.3) is 0 Å². The molecule has 8 heteroatoms. The molecule has 1 saturated heterocycles. The number of nitrogens with one attached hydrogen (secondary N) is 1. The summed E-state index contributed by atoms with van der Waals surface area (Å²) in [5.74, 6) is -2.16. The van der Waals surface area contributed by atoms with Gasteiger partial charge in [0.15, 0.2) is 9.84 Å². The monoisotopic (exact) mass is 330 g/mol. The zero-order valence-corrected chi connectivity index (χ0v) is 12.8. The number of carbonyl (C=O) groups is 1. The largest absolute Gasteiger partial charge is 0.273 e. The summed E-state index contributed by atoms with van der Waals surface area (Å²) in [7, 11) is -3.04. The van der Waals surface area contributed by atoms with E-state index in [-0.39, 0.29) is 35.1 Å². The number of benzene rings is 1. The lowest BCUT2D eigenvalue weighted by atomic mass is 10.1. The Hall–Kier alpha value is -1.83. The Morgan fingerprint density at radius 1 is 1.36 bits per heavy atom. The van der Waals surface area contributed by atoms with Crippen LogP contribution in [0.5, 0.6) is 0 Å². The standard InChI is InChI=1S/C14H16F2N2O3S/c1-9(14-11(15)3-2-4-12(14)16)17-18-13(19)7-10-5-6-22(20,21)8-10/h2-4,10H,5-8H2,1H3,(H,18,19)/b17-9-/t10-/m1/s1. The fourth-order valence-corrected chi connectivity index (χ4v) is 4.25. The van der Waals surface area contributed by atoms with Gasteiger partial charge in [0.05, 0.1) is 22.8 Å². The molecular weight excluding hydrogens is 314 g/mol. The molecule has 2 rings (SSSR count). The highest BCUT2D eigenvalue weighted by Crippen LogP contribution is 2.21. The van der Waals surface area contributed by atoms with Crippen LogP contribution >= 0.6 is 0 Å². The minimum absolute atomic E-state index is 0.00277. The SMILES string of the molecule is C/C(=N/NC(=O)C[C@H]1CCS(=O)(=O)C1)c1c(F)cccc1F. The average molecular weight is 330 g/mol. The number of halogens is 2. The molecule has 1 aromatic rings. The lowest BCUT2D eigenvalue weighted by molar-refractivity contribution is -0.121. The van der Waals surface area contributed by atoms with E-state index < -0.39 is 27.4 Å². The Labute approximate surface area is 127 Å². The maximum atomic E-state index is 13.5. The van der Waals surface area contributed by atoms with E-state index >= 15 is 0 Å². The van der Waals surface area contributed by atoms with Gasteiger partial charge in [-0.25, -0.2) is 22.6 Å². The molecule has 120 valence electrons. The molecule has 0 aliphatic carbocycles. The second-order valence-corrected chi connectivity index (χ2v) is 7.53. The Balaban J connectivity index is 1.98. The van der Waals surface area contributed by atoms with Crippen LogP contribution in [0, 0.1) is 17.6 Å². The van der Waals surface area contributed by atoms with E-state index in [1.54, 1.807) is 0 Å². The summed E-state index contributed by atoms with van der Waals surface area (Å²) in [4.78, 5) is 11.7. The number of amides is 1. The van der Waals surface area contributed by atoms with Gasteiger partial charge in [-0.05, 0) is 31.4 Å². The summed E-state index contributed by atoms with van der Waals surface area (Å²) < 4.78 is 49.7. The van der Waals surface area contributed by atoms with Crippen LogP contribution in [0.3, 0.4) is 0 Å². The van der Waals surface area contributed by atoms with Crippen molar-refractivity contribution in [2.75, 3.05) is 11.5 Å². The third-order valence-corrected chi connectivity index (χ3v) is 5.31. The quantitative estimate of drug-likeness (QED) is 0.673. The third-order valence-electron chi connectivity index (χ3n) is 3.47. The molecule has 1 aliphatic rings. The van der Waals surface area contributed by atoms with Crippen molar-refractivity contribution in [1.82, 2.24) is 5.43 Å². The van der Waals surface area contributed by atoms with Gasteiger partial charge in [-0.1, -0.05) is 6.07 Å². The van der Waals surface area contributed by atoms with Gasteiger partial charge in [0.1, 0.15) is 11.6 Å². The molecule has 0 spiro atoms. The van der Waals surface area contributed by atoms with Crippen LogP contribution in [-0.4, -0.2) is 31.5 Å². The van der Waals surface area contributed by atoms with Crippen LogP contribution in [-0.2, 0) is 14.6 Å². The first-order chi connectivity index (χ1) is 10.3. The van der Waals surface area contributed by atoms with E-state index in [2.05, 4.69) is 10.5 Å². The summed E-state index contributed by atoms with van der Waals surface area (Å²) >= 11 is 0. The highest BCUT2D eigenvalue weighted by Gasteiger charge is 2.29. The van der Waals surface area contributed by atoms with Crippen molar-refractivity contribution in [2.24, 2.45) is 11.0 Å². The van der Waals surface area contributed by atoms with Gasteiger partial charge in [0, 0.05) is 6.42 Å². The normalized spacial score (nSPS) is 20.9. The summed E-state index contributed by atoms with van der Waals surface area (Å²) in [6.07, 6.45) is 0.468. The van der Waals surface area contributed by atoms with Gasteiger partial charge in [-0.3, -0.25) is 4.79 Å². The minimum atomic E-state index is -3.04. The number of sulfone groups is 1. The van der Waals surface area contributed by atoms with Gasteiger partial charge in [-0.2, -0.15) is 5.10 Å². The lowest BCUT2D eigenvalue weighted by Crippen LogP contribution is -2.23. The molecule has 0 bridgehead atoms. The Morgan fingerprint density at radius 2 is 2.00 bits per heavy atom. The molecular formula is C14H16F2N2O3S. The van der Waals surface area contributed by atoms with Crippen molar-refractivity contribution < 1.29 is 22.0 Å². The van der Waals surface area contributed by atoms with Gasteiger partial charge in [-0.15, -0.1) is 0 Å². The third kappa shape index (κ3) is 4.09. The number of carbonyl (C=O) groups excluding carboxylic acids is 1. The Morgan fingerprint density at radius 3 is 2.55 bits per heavy atom. The van der Waals surface area contributed by atoms with Crippen molar-refractivity contribution in [3.8, 4) is 0 Å². The predicted molar refractivity (Wildman–Crippen MR) is 78.1 cm³/mol. The molecule has 22 heavy (non-hydrogen) atoms. The number of nitrogens with zero attached hydrogens (tertiary/aromatic N) is 1. The van der Waals surface area contributed by atoms with E-state index in [4.69, 9.17) is 0 Å². The highest BCUT2D eigenvalue weighted by atomic mass is 32.2. The number of hydrogen-bond donors (Lipinski definition) is 1. The Kier molecular flexibility index (Phi) is 4.90. The van der Waals surface area contributed by atoms with E-state index in [1.165, 1.54) is 13.0 Å². The van der Waals surface area contributed by atoms with E-state index in [9.17, 15) is 22.0 Å². The molecule has 1 heterocycles. The number of rotatable bonds is 4. The van der Waals surface area contributed by atoms with Crippen LogP contribution in [0.4, 0.5) is 8.78 Å². The second kappa shape index (κ2) is 6.51. The molecule has 0 radical (unpaired) electrons. The molecule has 0 unspecified atom stereocenters. The van der Waals surface area contributed by atoms with Gasteiger partial charge >= 0.3 is 0 Å². The zero-order valence-electron chi connectivity index (χ0n) is 12.0. The smallest absolute Gasteiger partial charge is 0.240 e. The molecule has 1 aromatic carbocycles. The van der Waals surface area contributed by atoms with Gasteiger partial charge in [0.25, 0.3) is 0 Å². The average Bonchev–Trinajstić information content (AvgIpc) is 2.75. The van der Waals surface area contributed by atoms with Crippen LogP contribution in [0.2, 0.25) is 0 Å². The van der Waals surface area contributed by atoms with Gasteiger partial charge in [0.2, 0.25) is 5.91 Å². The summed E-state index contributed by atoms with van der Waals surface area (Å²) in [6, 6.07) is 3.44. The molecule has 0 saturated carbocycles.